The summed E-state index contributed by atoms with van der Waals surface area (Å²) in [6.45, 7) is 1.79. The number of rotatable bonds is 7. The number of benzene rings is 2. The van der Waals surface area contributed by atoms with Crippen molar-refractivity contribution in [3.8, 4) is 6.07 Å². The quantitative estimate of drug-likeness (QED) is 0.637. The van der Waals surface area contributed by atoms with Gasteiger partial charge in [-0.25, -0.2) is 13.8 Å². The third-order valence-electron chi connectivity index (χ3n) is 5.36. The Balaban J connectivity index is 1.34. The highest BCUT2D eigenvalue weighted by Crippen LogP contribution is 2.18. The van der Waals surface area contributed by atoms with Crippen molar-refractivity contribution in [3.63, 3.8) is 0 Å². The first-order chi connectivity index (χ1) is 15.0. The van der Waals surface area contributed by atoms with E-state index >= 15 is 0 Å². The number of carbonyl (C=O) groups excluding carboxylic acids is 1. The van der Waals surface area contributed by atoms with E-state index in [9.17, 15) is 13.6 Å². The third kappa shape index (κ3) is 4.95. The molecule has 0 unspecified atom stereocenters. The fourth-order valence-corrected chi connectivity index (χ4v) is 3.75. The number of imidazole rings is 1. The summed E-state index contributed by atoms with van der Waals surface area (Å²) in [6.07, 6.45) is 4.11. The number of hydrogen-bond donors (Lipinski definition) is 1. The van der Waals surface area contributed by atoms with Crippen molar-refractivity contribution in [2.75, 3.05) is 6.54 Å². The topological polar surface area (TPSA) is 74.0 Å². The van der Waals surface area contributed by atoms with Crippen LogP contribution < -0.4 is 5.32 Å². The van der Waals surface area contributed by atoms with Gasteiger partial charge in [0.05, 0.1) is 29.7 Å². The van der Waals surface area contributed by atoms with E-state index < -0.39 is 11.6 Å². The normalized spacial score (nSPS) is 16.0. The average molecular weight is 421 g/mol. The van der Waals surface area contributed by atoms with Crippen LogP contribution in [0.5, 0.6) is 0 Å². The number of likely N-dealkylation sites (tertiary alicyclic amines) is 1. The van der Waals surface area contributed by atoms with E-state index in [1.165, 1.54) is 12.1 Å². The molecule has 2 aromatic carbocycles. The predicted molar refractivity (Wildman–Crippen MR) is 110 cm³/mol. The van der Waals surface area contributed by atoms with Crippen LogP contribution in [0.25, 0.3) is 0 Å². The molecule has 1 amide bonds. The first-order valence-electron chi connectivity index (χ1n) is 9.97. The van der Waals surface area contributed by atoms with Crippen molar-refractivity contribution < 1.29 is 13.6 Å². The van der Waals surface area contributed by atoms with Crippen LogP contribution in [-0.4, -0.2) is 32.9 Å². The lowest BCUT2D eigenvalue weighted by atomic mass is 10.1. The van der Waals surface area contributed by atoms with E-state index in [2.05, 4.69) is 16.4 Å². The summed E-state index contributed by atoms with van der Waals surface area (Å²) in [5, 5.41) is 12.2. The number of carbonyl (C=O) groups is 1. The van der Waals surface area contributed by atoms with Crippen molar-refractivity contribution in [3.05, 3.63) is 89.0 Å². The Morgan fingerprint density at radius 1 is 1.10 bits per heavy atom. The monoisotopic (exact) mass is 421 g/mol. The molecule has 1 saturated heterocycles. The maximum absolute atomic E-state index is 13.4. The minimum absolute atomic E-state index is 0.0807. The zero-order valence-corrected chi connectivity index (χ0v) is 16.8. The van der Waals surface area contributed by atoms with Crippen LogP contribution in [0.4, 0.5) is 8.78 Å². The smallest absolute Gasteiger partial charge is 0.240 e. The van der Waals surface area contributed by atoms with Gasteiger partial charge in [-0.3, -0.25) is 4.79 Å². The molecule has 3 aromatic rings. The lowest BCUT2D eigenvalue weighted by molar-refractivity contribution is -0.130. The van der Waals surface area contributed by atoms with Gasteiger partial charge in [-0.2, -0.15) is 5.26 Å². The van der Waals surface area contributed by atoms with Gasteiger partial charge in [-0.1, -0.05) is 12.1 Å². The number of nitrogens with one attached hydrogen (secondary N) is 1. The van der Waals surface area contributed by atoms with E-state index in [1.807, 2.05) is 16.7 Å². The molecule has 1 aliphatic rings. The summed E-state index contributed by atoms with van der Waals surface area (Å²) in [5.74, 6) is -1.37. The second kappa shape index (κ2) is 9.06. The van der Waals surface area contributed by atoms with E-state index in [4.69, 9.17) is 5.26 Å². The SMILES string of the molecule is N#Cc1ccc(Cn2cncc2CN[C@@H]2CCN(Cc3cc(F)cc(F)c3)C2=O)cc1. The zero-order valence-electron chi connectivity index (χ0n) is 16.8. The number of halogens is 2. The average Bonchev–Trinajstić information content (AvgIpc) is 3.33. The van der Waals surface area contributed by atoms with Crippen LogP contribution in [0, 0.1) is 23.0 Å². The molecule has 1 aromatic heterocycles. The minimum atomic E-state index is -0.646. The number of nitriles is 1. The molecule has 1 aliphatic heterocycles. The van der Waals surface area contributed by atoms with Gasteiger partial charge < -0.3 is 14.8 Å². The lowest BCUT2D eigenvalue weighted by Gasteiger charge is -2.18. The molecule has 0 aliphatic carbocycles. The second-order valence-electron chi connectivity index (χ2n) is 7.58. The lowest BCUT2D eigenvalue weighted by Crippen LogP contribution is -2.38. The van der Waals surface area contributed by atoms with Gasteiger partial charge in [0.15, 0.2) is 0 Å². The fourth-order valence-electron chi connectivity index (χ4n) is 3.75. The Kier molecular flexibility index (Phi) is 6.05. The standard InChI is InChI=1S/C23H21F2N5O/c24-19-7-18(8-20(25)9-19)14-29-6-5-22(23(29)31)28-12-21-11-27-15-30(21)13-17-3-1-16(10-26)2-4-17/h1-4,7-9,11,15,22,28H,5-6,12-14H2/t22-/m1/s1. The summed E-state index contributed by atoms with van der Waals surface area (Å²) in [4.78, 5) is 18.5. The molecular formula is C23H21F2N5O. The third-order valence-corrected chi connectivity index (χ3v) is 5.36. The molecule has 6 nitrogen and oxygen atoms in total. The maximum atomic E-state index is 13.4. The Morgan fingerprint density at radius 3 is 2.55 bits per heavy atom. The number of nitrogens with zero attached hydrogens (tertiary/aromatic N) is 4. The van der Waals surface area contributed by atoms with E-state index in [1.54, 1.807) is 29.6 Å². The van der Waals surface area contributed by atoms with Crippen molar-refractivity contribution in [1.29, 1.82) is 5.26 Å². The number of amides is 1. The highest BCUT2D eigenvalue weighted by Gasteiger charge is 2.31. The molecule has 0 bridgehead atoms. The Hall–Kier alpha value is -3.57. The van der Waals surface area contributed by atoms with Crippen molar-refractivity contribution >= 4 is 5.91 Å². The fraction of sp³-hybridized carbons (Fsp3) is 0.261. The molecule has 158 valence electrons. The second-order valence-corrected chi connectivity index (χ2v) is 7.58. The predicted octanol–water partition coefficient (Wildman–Crippen LogP) is 2.97. The first kappa shape index (κ1) is 20.7. The van der Waals surface area contributed by atoms with Crippen LogP contribution in [0.3, 0.4) is 0 Å². The molecule has 1 N–H and O–H groups in total. The zero-order chi connectivity index (χ0) is 21.8. The van der Waals surface area contributed by atoms with Crippen molar-refractivity contribution in [2.24, 2.45) is 0 Å². The Labute approximate surface area is 178 Å². The van der Waals surface area contributed by atoms with Crippen molar-refractivity contribution in [1.82, 2.24) is 19.8 Å². The highest BCUT2D eigenvalue weighted by atomic mass is 19.1. The largest absolute Gasteiger partial charge is 0.337 e. The maximum Gasteiger partial charge on any atom is 0.240 e. The number of hydrogen-bond acceptors (Lipinski definition) is 4. The molecule has 0 saturated carbocycles. The van der Waals surface area contributed by atoms with Crippen LogP contribution in [0.15, 0.2) is 55.0 Å². The number of aromatic nitrogens is 2. The van der Waals surface area contributed by atoms with Gasteiger partial charge in [0, 0.05) is 38.4 Å². The summed E-state index contributed by atoms with van der Waals surface area (Å²) >= 11 is 0. The molecule has 2 heterocycles. The molecule has 1 atom stereocenters. The van der Waals surface area contributed by atoms with Gasteiger partial charge >= 0.3 is 0 Å². The van der Waals surface area contributed by atoms with Crippen LogP contribution >= 0.6 is 0 Å². The van der Waals surface area contributed by atoms with E-state index in [-0.39, 0.29) is 18.5 Å². The van der Waals surface area contributed by atoms with Gasteiger partial charge in [0.1, 0.15) is 11.6 Å². The highest BCUT2D eigenvalue weighted by molar-refractivity contribution is 5.83. The minimum Gasteiger partial charge on any atom is -0.337 e. The first-order valence-corrected chi connectivity index (χ1v) is 9.97. The molecule has 1 fully saturated rings. The van der Waals surface area contributed by atoms with Gasteiger partial charge in [-0.05, 0) is 41.8 Å². The molecule has 0 radical (unpaired) electrons. The molecular weight excluding hydrogens is 400 g/mol. The van der Waals surface area contributed by atoms with E-state index in [0.717, 1.165) is 17.3 Å². The van der Waals surface area contributed by atoms with Gasteiger partial charge in [0.2, 0.25) is 5.91 Å². The van der Waals surface area contributed by atoms with Crippen molar-refractivity contribution in [2.45, 2.75) is 32.1 Å². The van der Waals surface area contributed by atoms with Gasteiger partial charge in [-0.15, -0.1) is 0 Å². The van der Waals surface area contributed by atoms with Crippen LogP contribution in [-0.2, 0) is 24.4 Å². The Morgan fingerprint density at radius 2 is 1.84 bits per heavy atom. The summed E-state index contributed by atoms with van der Waals surface area (Å²) in [5.41, 5.74) is 3.03. The van der Waals surface area contributed by atoms with Gasteiger partial charge in [0.25, 0.3) is 0 Å². The molecule has 8 heteroatoms. The summed E-state index contributed by atoms with van der Waals surface area (Å²) in [7, 11) is 0. The molecule has 4 rings (SSSR count). The van der Waals surface area contributed by atoms with E-state index in [0.29, 0.717) is 37.2 Å². The molecule has 0 spiro atoms. The Bertz CT molecular complexity index is 1100. The van der Waals surface area contributed by atoms with Crippen LogP contribution in [0.2, 0.25) is 0 Å². The summed E-state index contributed by atoms with van der Waals surface area (Å²) in [6, 6.07) is 12.4. The summed E-state index contributed by atoms with van der Waals surface area (Å²) < 4.78 is 28.8. The van der Waals surface area contributed by atoms with Crippen LogP contribution in [0.1, 0.15) is 28.8 Å². The molecule has 31 heavy (non-hydrogen) atoms.